The van der Waals surface area contributed by atoms with Crippen molar-refractivity contribution in [1.29, 1.82) is 0 Å². The van der Waals surface area contributed by atoms with Gasteiger partial charge in [0.1, 0.15) is 0 Å². The lowest BCUT2D eigenvalue weighted by molar-refractivity contribution is -0.120. The topological polar surface area (TPSA) is 66.5 Å². The van der Waals surface area contributed by atoms with Crippen molar-refractivity contribution in [3.05, 3.63) is 63.6 Å². The van der Waals surface area contributed by atoms with Crippen molar-refractivity contribution in [3.8, 4) is 0 Å². The number of halogens is 2. The second-order valence-electron chi connectivity index (χ2n) is 12.0. The molecule has 5 aliphatic rings. The van der Waals surface area contributed by atoms with Gasteiger partial charge < -0.3 is 5.32 Å². The molecule has 4 aliphatic carbocycles. The Morgan fingerprint density at radius 1 is 0.973 bits per heavy atom. The summed E-state index contributed by atoms with van der Waals surface area (Å²) in [5, 5.41) is 3.85. The number of benzene rings is 2. The highest BCUT2D eigenvalue weighted by Gasteiger charge is 2.51. The monoisotopic (exact) mass is 560 g/mol. The van der Waals surface area contributed by atoms with E-state index in [1.165, 1.54) is 48.4 Å². The first kappa shape index (κ1) is 25.7. The third kappa shape index (κ3) is 5.19. The molecule has 5 nitrogen and oxygen atoms in total. The van der Waals surface area contributed by atoms with Gasteiger partial charge in [0.2, 0.25) is 15.9 Å². The number of nitrogens with zero attached hydrogens (tertiary/aromatic N) is 1. The SMILES string of the molecule is O=C(Nc1ccc(C23CC4CC(CC(C4)C2)C3)cc1)C1CCCN(S(=O)(=O)Cc2ccc(Cl)cc2Cl)C1. The highest BCUT2D eigenvalue weighted by molar-refractivity contribution is 7.88. The maximum absolute atomic E-state index is 13.1. The van der Waals surface area contributed by atoms with Crippen molar-refractivity contribution in [3.63, 3.8) is 0 Å². The van der Waals surface area contributed by atoms with Gasteiger partial charge in [-0.25, -0.2) is 12.7 Å². The van der Waals surface area contributed by atoms with E-state index >= 15 is 0 Å². The number of hydrogen-bond donors (Lipinski definition) is 1. The van der Waals surface area contributed by atoms with Crippen LogP contribution in [0.5, 0.6) is 0 Å². The number of carbonyl (C=O) groups is 1. The number of anilines is 1. The van der Waals surface area contributed by atoms with E-state index < -0.39 is 10.0 Å². The van der Waals surface area contributed by atoms with E-state index in [0.29, 0.717) is 40.4 Å². The Bertz CT molecular complexity index is 1260. The Morgan fingerprint density at radius 2 is 1.62 bits per heavy atom. The van der Waals surface area contributed by atoms with E-state index in [4.69, 9.17) is 23.2 Å². The van der Waals surface area contributed by atoms with E-state index in [0.717, 1.165) is 23.4 Å². The number of hydrogen-bond acceptors (Lipinski definition) is 3. The van der Waals surface area contributed by atoms with Crippen molar-refractivity contribution in [1.82, 2.24) is 4.31 Å². The molecule has 0 radical (unpaired) electrons. The van der Waals surface area contributed by atoms with Crippen molar-refractivity contribution in [2.24, 2.45) is 23.7 Å². The average molecular weight is 562 g/mol. The summed E-state index contributed by atoms with van der Waals surface area (Å²) in [7, 11) is -3.61. The molecule has 1 saturated heterocycles. The van der Waals surface area contributed by atoms with Crippen LogP contribution in [0, 0.1) is 23.7 Å². The van der Waals surface area contributed by atoms with Crippen molar-refractivity contribution in [2.45, 2.75) is 62.5 Å². The van der Waals surface area contributed by atoms with Crippen LogP contribution in [-0.2, 0) is 26.0 Å². The van der Waals surface area contributed by atoms with Crippen molar-refractivity contribution < 1.29 is 13.2 Å². The molecule has 8 heteroatoms. The lowest BCUT2D eigenvalue weighted by atomic mass is 9.48. The average Bonchev–Trinajstić information content (AvgIpc) is 2.85. The molecular weight excluding hydrogens is 527 g/mol. The minimum Gasteiger partial charge on any atom is -0.326 e. The van der Waals surface area contributed by atoms with Gasteiger partial charge in [-0.1, -0.05) is 41.4 Å². The maximum atomic E-state index is 13.1. The summed E-state index contributed by atoms with van der Waals surface area (Å²) in [4.78, 5) is 13.1. The van der Waals surface area contributed by atoms with Crippen LogP contribution in [0.1, 0.15) is 62.5 Å². The predicted molar refractivity (Wildman–Crippen MR) is 148 cm³/mol. The van der Waals surface area contributed by atoms with Gasteiger partial charge >= 0.3 is 0 Å². The van der Waals surface area contributed by atoms with E-state index in [1.54, 1.807) is 18.2 Å². The lowest BCUT2D eigenvalue weighted by Crippen LogP contribution is -2.48. The zero-order chi connectivity index (χ0) is 25.8. The fraction of sp³-hybridized carbons (Fsp3) is 0.552. The van der Waals surface area contributed by atoms with Crippen LogP contribution in [0.4, 0.5) is 5.69 Å². The summed E-state index contributed by atoms with van der Waals surface area (Å²) >= 11 is 12.2. The number of piperidine rings is 1. The van der Waals surface area contributed by atoms with Crippen LogP contribution in [-0.4, -0.2) is 31.7 Å². The Hall–Kier alpha value is -1.60. The molecule has 4 saturated carbocycles. The second-order valence-corrected chi connectivity index (χ2v) is 14.8. The second kappa shape index (κ2) is 9.86. The van der Waals surface area contributed by atoms with E-state index in [1.807, 2.05) is 12.1 Å². The minimum atomic E-state index is -3.61. The van der Waals surface area contributed by atoms with E-state index in [2.05, 4.69) is 17.4 Å². The summed E-state index contributed by atoms with van der Waals surface area (Å²) in [5.74, 6) is 1.98. The first-order valence-corrected chi connectivity index (χ1v) is 15.9. The van der Waals surface area contributed by atoms with Crippen molar-refractivity contribution in [2.75, 3.05) is 18.4 Å². The Balaban J connectivity index is 1.09. The van der Waals surface area contributed by atoms with Crippen LogP contribution >= 0.6 is 23.2 Å². The van der Waals surface area contributed by atoms with Gasteiger partial charge in [0.05, 0.1) is 11.7 Å². The molecule has 4 bridgehead atoms. The van der Waals surface area contributed by atoms with Crippen LogP contribution in [0.25, 0.3) is 0 Å². The van der Waals surface area contributed by atoms with Crippen molar-refractivity contribution >= 4 is 44.8 Å². The molecular formula is C29H34Cl2N2O3S. The molecule has 1 aliphatic heterocycles. The first-order chi connectivity index (χ1) is 17.7. The van der Waals surface area contributed by atoms with Crippen LogP contribution in [0.2, 0.25) is 10.0 Å². The molecule has 0 aromatic heterocycles. The summed E-state index contributed by atoms with van der Waals surface area (Å²) in [6.45, 7) is 0.599. The molecule has 1 amide bonds. The highest BCUT2D eigenvalue weighted by Crippen LogP contribution is 2.60. The molecule has 2 aromatic rings. The Morgan fingerprint density at radius 3 is 2.24 bits per heavy atom. The number of sulfonamides is 1. The smallest absolute Gasteiger partial charge is 0.228 e. The third-order valence-corrected chi connectivity index (χ3v) is 11.7. The molecule has 1 unspecified atom stereocenters. The molecule has 1 atom stereocenters. The van der Waals surface area contributed by atoms with Gasteiger partial charge in [-0.3, -0.25) is 4.79 Å². The molecule has 0 spiro atoms. The molecule has 5 fully saturated rings. The lowest BCUT2D eigenvalue weighted by Gasteiger charge is -2.57. The molecule has 1 N–H and O–H groups in total. The fourth-order valence-electron chi connectivity index (χ4n) is 7.95. The van der Waals surface area contributed by atoms with Gasteiger partial charge in [-0.05, 0) is 110 Å². The van der Waals surface area contributed by atoms with E-state index in [9.17, 15) is 13.2 Å². The van der Waals surface area contributed by atoms with Gasteiger partial charge in [-0.2, -0.15) is 0 Å². The van der Waals surface area contributed by atoms with Crippen LogP contribution < -0.4 is 5.32 Å². The maximum Gasteiger partial charge on any atom is 0.228 e. The Labute approximate surface area is 230 Å². The number of amides is 1. The number of nitrogens with one attached hydrogen (secondary N) is 1. The quantitative estimate of drug-likeness (QED) is 0.430. The van der Waals surface area contributed by atoms with E-state index in [-0.39, 0.29) is 24.1 Å². The van der Waals surface area contributed by atoms with Crippen LogP contribution in [0.3, 0.4) is 0 Å². The van der Waals surface area contributed by atoms with Gasteiger partial charge in [0.25, 0.3) is 0 Å². The molecule has 7 rings (SSSR count). The number of rotatable bonds is 6. The van der Waals surface area contributed by atoms with Gasteiger partial charge in [-0.15, -0.1) is 0 Å². The normalized spacial score (nSPS) is 31.4. The molecule has 2 aromatic carbocycles. The van der Waals surface area contributed by atoms with Gasteiger partial charge in [0, 0.05) is 28.8 Å². The molecule has 37 heavy (non-hydrogen) atoms. The highest BCUT2D eigenvalue weighted by atomic mass is 35.5. The number of carbonyl (C=O) groups excluding carboxylic acids is 1. The Kier molecular flexibility index (Phi) is 6.84. The molecule has 198 valence electrons. The largest absolute Gasteiger partial charge is 0.326 e. The van der Waals surface area contributed by atoms with Crippen LogP contribution in [0.15, 0.2) is 42.5 Å². The molecule has 1 heterocycles. The zero-order valence-electron chi connectivity index (χ0n) is 21.0. The summed E-state index contributed by atoms with van der Waals surface area (Å²) in [6.07, 6.45) is 9.55. The zero-order valence-corrected chi connectivity index (χ0v) is 23.3. The predicted octanol–water partition coefficient (Wildman–Crippen LogP) is 6.64. The van der Waals surface area contributed by atoms with Gasteiger partial charge in [0.15, 0.2) is 0 Å². The minimum absolute atomic E-state index is 0.119. The fourth-order valence-corrected chi connectivity index (χ4v) is 10.1. The standard InChI is InChI=1S/C29H34Cl2N2O3S/c30-25-6-3-23(27(31)13-25)18-37(35,36)33-9-1-2-22(17-33)28(34)32-26-7-4-24(5-8-26)29-14-19-10-20(15-29)12-21(11-19)16-29/h3-8,13,19-22H,1-2,9-12,14-18H2,(H,32,34). The third-order valence-electron chi connectivity index (χ3n) is 9.30. The summed E-state index contributed by atoms with van der Waals surface area (Å²) in [6, 6.07) is 13.3. The first-order valence-electron chi connectivity index (χ1n) is 13.5. The summed E-state index contributed by atoms with van der Waals surface area (Å²) < 4.78 is 27.7. The summed E-state index contributed by atoms with van der Waals surface area (Å²) in [5.41, 5.74) is 3.06.